The highest BCUT2D eigenvalue weighted by molar-refractivity contribution is 8.15. The molecule has 0 aromatic heterocycles. The lowest BCUT2D eigenvalue weighted by atomic mass is 10.1. The molecule has 3 rings (SSSR count). The monoisotopic (exact) mass is 410 g/mol. The molecule has 0 fully saturated rings. The molecule has 0 spiro atoms. The van der Waals surface area contributed by atoms with E-state index in [1.54, 1.807) is 14.2 Å². The van der Waals surface area contributed by atoms with Crippen LogP contribution in [0.5, 0.6) is 11.5 Å². The zero-order valence-corrected chi connectivity index (χ0v) is 16.3. The van der Waals surface area contributed by atoms with E-state index in [0.29, 0.717) is 28.9 Å². The quantitative estimate of drug-likeness (QED) is 0.722. The van der Waals surface area contributed by atoms with Crippen molar-refractivity contribution < 1.29 is 30.7 Å². The summed E-state index contributed by atoms with van der Waals surface area (Å²) in [6.07, 6.45) is 0.750. The minimum Gasteiger partial charge on any atom is -1.00 e. The molecule has 0 saturated carbocycles. The first-order valence-electron chi connectivity index (χ1n) is 7.89. The number of aliphatic imine (C=N–C) groups is 1. The van der Waals surface area contributed by atoms with Crippen LogP contribution >= 0.6 is 11.8 Å². The van der Waals surface area contributed by atoms with Gasteiger partial charge in [0.05, 0.1) is 14.2 Å². The Hall–Kier alpha value is -2.34. The number of ether oxygens (including phenoxy) is 2. The smallest absolute Gasteiger partial charge is 0.309 e. The molecule has 0 saturated heterocycles. The normalized spacial score (nSPS) is 12.4. The van der Waals surface area contributed by atoms with Crippen molar-refractivity contribution in [3.05, 3.63) is 64.6 Å². The second-order valence-corrected chi connectivity index (χ2v) is 6.25. The van der Waals surface area contributed by atoms with E-state index in [9.17, 15) is 8.78 Å². The van der Waals surface area contributed by atoms with E-state index in [4.69, 9.17) is 9.47 Å². The molecular formula is C19H17ClF2N2O2S. The molecule has 1 N–H and O–H groups in total. The molecule has 1 heterocycles. The number of benzene rings is 2. The van der Waals surface area contributed by atoms with E-state index < -0.39 is 11.6 Å². The van der Waals surface area contributed by atoms with Crippen LogP contribution in [0.4, 0.5) is 8.78 Å². The number of hydrogen-bond donors (Lipinski definition) is 1. The predicted octanol–water partition coefficient (Wildman–Crippen LogP) is 1.02. The summed E-state index contributed by atoms with van der Waals surface area (Å²) in [6, 6.07) is 9.16. The van der Waals surface area contributed by atoms with E-state index in [-0.39, 0.29) is 18.0 Å². The average Bonchev–Trinajstić information content (AvgIpc) is 3.10. The van der Waals surface area contributed by atoms with Crippen molar-refractivity contribution in [3.63, 3.8) is 0 Å². The number of hydrogen-bond acceptors (Lipinski definition) is 5. The van der Waals surface area contributed by atoms with Crippen molar-refractivity contribution in [1.82, 2.24) is 5.32 Å². The van der Waals surface area contributed by atoms with Gasteiger partial charge in [0.15, 0.2) is 27.6 Å². The standard InChI is InChI=1S/C19H17F2N2O2S.ClH/c1-24-17-6-3-12(9-18(17)25-2)7-8-22-19-23-16(11-26-19)14-5-4-13(20)10-15(14)21;/h3-6,9-10H,7-8H2,1-2H3,(H,22,23);1H/q+1;/p-1. The molecule has 1 aliphatic rings. The Bertz CT molecular complexity index is 875. The Balaban J connectivity index is 0.00000261. The first kappa shape index (κ1) is 21.0. The number of methoxy groups -OCH3 is 2. The van der Waals surface area contributed by atoms with Gasteiger partial charge in [0.25, 0.3) is 0 Å². The van der Waals surface area contributed by atoms with Gasteiger partial charge in [-0.2, -0.15) is 9.38 Å². The lowest BCUT2D eigenvalue weighted by Gasteiger charge is -2.09. The van der Waals surface area contributed by atoms with Crippen LogP contribution in [-0.2, 0) is 6.42 Å². The fraction of sp³-hybridized carbons (Fsp3) is 0.211. The van der Waals surface area contributed by atoms with Gasteiger partial charge >= 0.3 is 5.70 Å². The largest absolute Gasteiger partial charge is 1.00 e. The Morgan fingerprint density at radius 1 is 1.07 bits per heavy atom. The van der Waals surface area contributed by atoms with Gasteiger partial charge in [-0.05, 0) is 30.2 Å². The topological polar surface area (TPSA) is 42.8 Å². The van der Waals surface area contributed by atoms with Crippen LogP contribution in [0.2, 0.25) is 0 Å². The highest BCUT2D eigenvalue weighted by Crippen LogP contribution is 2.29. The van der Waals surface area contributed by atoms with E-state index >= 15 is 0 Å². The molecule has 1 aliphatic heterocycles. The molecule has 4 nitrogen and oxygen atoms in total. The van der Waals surface area contributed by atoms with Crippen LogP contribution in [0.15, 0.2) is 41.4 Å². The van der Waals surface area contributed by atoms with Gasteiger partial charge in [-0.15, -0.1) is 0 Å². The van der Waals surface area contributed by atoms with Crippen LogP contribution in [0.25, 0.3) is 5.70 Å². The van der Waals surface area contributed by atoms with Crippen LogP contribution in [0.3, 0.4) is 0 Å². The summed E-state index contributed by atoms with van der Waals surface area (Å²) in [4.78, 5) is 4.31. The summed E-state index contributed by atoms with van der Waals surface area (Å²) in [5, 5.41) is 6.75. The van der Waals surface area contributed by atoms with Gasteiger partial charge in [0.1, 0.15) is 17.6 Å². The maximum absolute atomic E-state index is 13.8. The second kappa shape index (κ2) is 9.55. The van der Waals surface area contributed by atoms with Crippen molar-refractivity contribution in [2.75, 3.05) is 20.8 Å². The summed E-state index contributed by atoms with van der Waals surface area (Å²) in [5.74, 6) is 0.101. The maximum atomic E-state index is 13.8. The number of rotatable bonds is 6. The molecule has 142 valence electrons. The highest BCUT2D eigenvalue weighted by atomic mass is 35.5. The number of nitrogens with one attached hydrogen (secondary N) is 1. The summed E-state index contributed by atoms with van der Waals surface area (Å²) in [5.41, 5.74) is 1.68. The number of thioether (sulfide) groups is 1. The SMILES string of the molecule is COc1ccc(CCNC2=NC(c3ccc(F)cc3F)=[C+]S2)cc1OC.[Cl-]. The van der Waals surface area contributed by atoms with Crippen LogP contribution in [0.1, 0.15) is 11.1 Å². The van der Waals surface area contributed by atoms with E-state index in [0.717, 1.165) is 18.1 Å². The van der Waals surface area contributed by atoms with Gasteiger partial charge in [-0.25, -0.2) is 4.39 Å². The van der Waals surface area contributed by atoms with Crippen LogP contribution in [-0.4, -0.2) is 25.9 Å². The summed E-state index contributed by atoms with van der Waals surface area (Å²) >= 11 is 1.25. The second-order valence-electron chi connectivity index (χ2n) is 5.46. The Morgan fingerprint density at radius 3 is 2.56 bits per heavy atom. The third-order valence-electron chi connectivity index (χ3n) is 3.78. The molecule has 2 aromatic rings. The molecule has 0 unspecified atom stereocenters. The molecule has 0 amide bonds. The molecule has 0 radical (unpaired) electrons. The van der Waals surface area contributed by atoms with Crippen molar-refractivity contribution in [2.24, 2.45) is 4.99 Å². The summed E-state index contributed by atoms with van der Waals surface area (Å²) in [6.45, 7) is 0.641. The number of nitrogens with zero attached hydrogens (tertiary/aromatic N) is 1. The predicted molar refractivity (Wildman–Crippen MR) is 99.3 cm³/mol. The van der Waals surface area contributed by atoms with Gasteiger partial charge in [0.2, 0.25) is 5.82 Å². The van der Waals surface area contributed by atoms with Crippen molar-refractivity contribution in [1.29, 1.82) is 0 Å². The summed E-state index contributed by atoms with van der Waals surface area (Å²) < 4.78 is 37.3. The molecule has 2 aromatic carbocycles. The zero-order valence-electron chi connectivity index (χ0n) is 14.7. The Morgan fingerprint density at radius 2 is 1.85 bits per heavy atom. The molecule has 8 heteroatoms. The van der Waals surface area contributed by atoms with E-state index in [2.05, 4.69) is 15.7 Å². The third kappa shape index (κ3) is 5.10. The van der Waals surface area contributed by atoms with Gasteiger partial charge in [-0.1, -0.05) is 6.07 Å². The van der Waals surface area contributed by atoms with Crippen LogP contribution in [0, 0.1) is 17.0 Å². The average molecular weight is 411 g/mol. The zero-order chi connectivity index (χ0) is 18.5. The molecule has 27 heavy (non-hydrogen) atoms. The highest BCUT2D eigenvalue weighted by Gasteiger charge is 2.26. The fourth-order valence-electron chi connectivity index (χ4n) is 2.47. The van der Waals surface area contributed by atoms with Gasteiger partial charge < -0.3 is 27.2 Å². The molecule has 0 bridgehead atoms. The van der Waals surface area contributed by atoms with Crippen molar-refractivity contribution in [3.8, 4) is 11.5 Å². The molecule has 0 aliphatic carbocycles. The van der Waals surface area contributed by atoms with Crippen molar-refractivity contribution >= 4 is 22.6 Å². The number of amidine groups is 1. The Labute approximate surface area is 167 Å². The first-order valence-corrected chi connectivity index (χ1v) is 8.71. The minimum atomic E-state index is -0.650. The first-order chi connectivity index (χ1) is 12.6. The molecule has 0 atom stereocenters. The van der Waals surface area contributed by atoms with Crippen LogP contribution < -0.4 is 27.2 Å². The minimum absolute atomic E-state index is 0. The van der Waals surface area contributed by atoms with Gasteiger partial charge in [-0.3, -0.25) is 0 Å². The van der Waals surface area contributed by atoms with E-state index in [1.165, 1.54) is 23.9 Å². The maximum Gasteiger partial charge on any atom is 0.309 e. The summed E-state index contributed by atoms with van der Waals surface area (Å²) in [7, 11) is 3.20. The van der Waals surface area contributed by atoms with Crippen molar-refractivity contribution in [2.45, 2.75) is 6.42 Å². The van der Waals surface area contributed by atoms with E-state index in [1.807, 2.05) is 18.2 Å². The number of halogens is 3. The lowest BCUT2D eigenvalue weighted by Crippen LogP contribution is -3.00. The Kier molecular flexibility index (Phi) is 7.42. The lowest BCUT2D eigenvalue weighted by molar-refractivity contribution is -0.00000705. The molecular weight excluding hydrogens is 394 g/mol. The third-order valence-corrected chi connectivity index (χ3v) is 4.51. The van der Waals surface area contributed by atoms with Gasteiger partial charge in [0, 0.05) is 18.7 Å². The fourth-order valence-corrected chi connectivity index (χ4v) is 3.13.